The summed E-state index contributed by atoms with van der Waals surface area (Å²) < 4.78 is 5.05. The highest BCUT2D eigenvalue weighted by molar-refractivity contribution is 5.77. The summed E-state index contributed by atoms with van der Waals surface area (Å²) in [6.45, 7) is 5.85. The molecule has 5 heteroatoms. The minimum absolute atomic E-state index is 0.116. The molecule has 1 atom stereocenters. The highest BCUT2D eigenvalue weighted by atomic mass is 16.5. The van der Waals surface area contributed by atoms with E-state index in [1.54, 1.807) is 11.8 Å². The number of piperidine rings is 1. The minimum atomic E-state index is -0.196. The van der Waals surface area contributed by atoms with Crippen LogP contribution in [0.3, 0.4) is 0 Å². The van der Waals surface area contributed by atoms with Crippen molar-refractivity contribution >= 4 is 12.0 Å². The molecule has 0 bridgehead atoms. The van der Waals surface area contributed by atoms with E-state index in [9.17, 15) is 9.59 Å². The van der Waals surface area contributed by atoms with Gasteiger partial charge in [-0.25, -0.2) is 4.79 Å². The number of rotatable bonds is 4. The van der Waals surface area contributed by atoms with Gasteiger partial charge in [0.15, 0.2) is 0 Å². The fraction of sp³-hybridized carbons (Fsp3) is 0.529. The Morgan fingerprint density at radius 2 is 2.05 bits per heavy atom. The van der Waals surface area contributed by atoms with E-state index in [1.165, 1.54) is 5.56 Å². The normalized spacial score (nSPS) is 17.9. The van der Waals surface area contributed by atoms with Gasteiger partial charge in [-0.2, -0.15) is 0 Å². The second kappa shape index (κ2) is 7.82. The molecule has 1 aliphatic heterocycles. The summed E-state index contributed by atoms with van der Waals surface area (Å²) in [5.41, 5.74) is 2.27. The molecule has 22 heavy (non-hydrogen) atoms. The van der Waals surface area contributed by atoms with E-state index < -0.39 is 0 Å². The van der Waals surface area contributed by atoms with E-state index in [2.05, 4.69) is 5.32 Å². The second-order valence-corrected chi connectivity index (χ2v) is 5.68. The third kappa shape index (κ3) is 4.48. The van der Waals surface area contributed by atoms with Gasteiger partial charge in [0.1, 0.15) is 0 Å². The van der Waals surface area contributed by atoms with Gasteiger partial charge in [0.2, 0.25) is 0 Å². The van der Waals surface area contributed by atoms with Gasteiger partial charge in [0, 0.05) is 19.6 Å². The van der Waals surface area contributed by atoms with Crippen molar-refractivity contribution in [3.8, 4) is 0 Å². The van der Waals surface area contributed by atoms with Crippen LogP contribution in [0.2, 0.25) is 0 Å². The van der Waals surface area contributed by atoms with Gasteiger partial charge in [-0.05, 0) is 32.3 Å². The number of urea groups is 1. The lowest BCUT2D eigenvalue weighted by Gasteiger charge is -2.31. The fourth-order valence-electron chi connectivity index (χ4n) is 2.61. The average Bonchev–Trinajstić information content (AvgIpc) is 2.54. The molecule has 0 aliphatic carbocycles. The lowest BCUT2D eigenvalue weighted by atomic mass is 9.98. The summed E-state index contributed by atoms with van der Waals surface area (Å²) in [6.07, 6.45) is 1.63. The Bertz CT molecular complexity index is 513. The molecule has 0 radical (unpaired) electrons. The van der Waals surface area contributed by atoms with E-state index in [4.69, 9.17) is 4.74 Å². The Kier molecular flexibility index (Phi) is 5.81. The predicted molar refractivity (Wildman–Crippen MR) is 84.3 cm³/mol. The van der Waals surface area contributed by atoms with Crippen LogP contribution in [0.1, 0.15) is 30.9 Å². The molecule has 1 aliphatic rings. The summed E-state index contributed by atoms with van der Waals surface area (Å²) in [5.74, 6) is -0.391. The minimum Gasteiger partial charge on any atom is -0.466 e. The number of nitrogens with one attached hydrogen (secondary N) is 1. The zero-order valence-electron chi connectivity index (χ0n) is 13.3. The molecule has 5 nitrogen and oxygen atoms in total. The maximum absolute atomic E-state index is 12.2. The summed E-state index contributed by atoms with van der Waals surface area (Å²) in [4.78, 5) is 25.7. The van der Waals surface area contributed by atoms with Gasteiger partial charge in [0.25, 0.3) is 0 Å². The smallest absolute Gasteiger partial charge is 0.317 e. The number of hydrogen-bond acceptors (Lipinski definition) is 3. The molecule has 1 fully saturated rings. The summed E-state index contributed by atoms with van der Waals surface area (Å²) in [5, 5.41) is 2.91. The molecule has 2 amide bonds. The number of ether oxygens (including phenoxy) is 1. The Labute approximate surface area is 131 Å². The van der Waals surface area contributed by atoms with Crippen molar-refractivity contribution in [2.24, 2.45) is 5.92 Å². The molecule has 1 N–H and O–H groups in total. The lowest BCUT2D eigenvalue weighted by Crippen LogP contribution is -2.47. The number of carbonyl (C=O) groups excluding carboxylic acids is 2. The summed E-state index contributed by atoms with van der Waals surface area (Å²) in [7, 11) is 0. The van der Waals surface area contributed by atoms with Gasteiger partial charge in [0.05, 0.1) is 12.5 Å². The van der Waals surface area contributed by atoms with Crippen LogP contribution in [0.4, 0.5) is 4.79 Å². The summed E-state index contributed by atoms with van der Waals surface area (Å²) in [6, 6.07) is 7.95. The van der Waals surface area contributed by atoms with Crippen molar-refractivity contribution in [1.29, 1.82) is 0 Å². The van der Waals surface area contributed by atoms with Crippen LogP contribution in [0, 0.1) is 12.8 Å². The first-order chi connectivity index (χ1) is 10.6. The van der Waals surface area contributed by atoms with Crippen LogP contribution < -0.4 is 5.32 Å². The number of likely N-dealkylation sites (tertiary alicyclic amines) is 1. The lowest BCUT2D eigenvalue weighted by molar-refractivity contribution is -0.149. The topological polar surface area (TPSA) is 58.6 Å². The Hall–Kier alpha value is -2.04. The average molecular weight is 304 g/mol. The molecule has 1 saturated heterocycles. The number of amides is 2. The fourth-order valence-corrected chi connectivity index (χ4v) is 2.61. The van der Waals surface area contributed by atoms with E-state index in [1.807, 2.05) is 31.2 Å². The quantitative estimate of drug-likeness (QED) is 0.869. The van der Waals surface area contributed by atoms with Gasteiger partial charge >= 0.3 is 12.0 Å². The van der Waals surface area contributed by atoms with Crippen LogP contribution in [0.25, 0.3) is 0 Å². The first kappa shape index (κ1) is 16.3. The number of esters is 1. The largest absolute Gasteiger partial charge is 0.466 e. The predicted octanol–water partition coefficient (Wildman–Crippen LogP) is 2.48. The molecule has 0 saturated carbocycles. The SMILES string of the molecule is CCOC(=O)C1CCCN(C(=O)NCc2ccc(C)cc2)C1. The highest BCUT2D eigenvalue weighted by Crippen LogP contribution is 2.18. The molecule has 1 aromatic carbocycles. The Balaban J connectivity index is 1.83. The van der Waals surface area contributed by atoms with Crippen LogP contribution in [0.15, 0.2) is 24.3 Å². The third-order valence-corrected chi connectivity index (χ3v) is 3.89. The van der Waals surface area contributed by atoms with E-state index in [0.29, 0.717) is 26.2 Å². The van der Waals surface area contributed by atoms with Crippen molar-refractivity contribution in [2.45, 2.75) is 33.2 Å². The van der Waals surface area contributed by atoms with E-state index in [0.717, 1.165) is 18.4 Å². The number of benzene rings is 1. The first-order valence-electron chi connectivity index (χ1n) is 7.85. The summed E-state index contributed by atoms with van der Waals surface area (Å²) >= 11 is 0. The van der Waals surface area contributed by atoms with Crippen LogP contribution in [-0.4, -0.2) is 36.6 Å². The van der Waals surface area contributed by atoms with Gasteiger partial charge < -0.3 is 15.0 Å². The standard InChI is InChI=1S/C17H24N2O3/c1-3-22-16(20)15-5-4-10-19(12-15)17(21)18-11-14-8-6-13(2)7-9-14/h6-9,15H,3-5,10-12H2,1-2H3,(H,18,21). The number of aryl methyl sites for hydroxylation is 1. The first-order valence-corrected chi connectivity index (χ1v) is 7.85. The molecule has 120 valence electrons. The highest BCUT2D eigenvalue weighted by Gasteiger charge is 2.29. The van der Waals surface area contributed by atoms with E-state index >= 15 is 0 Å². The van der Waals surface area contributed by atoms with Crippen LogP contribution in [-0.2, 0) is 16.1 Å². The molecule has 0 aromatic heterocycles. The van der Waals surface area contributed by atoms with Crippen molar-refractivity contribution in [2.75, 3.05) is 19.7 Å². The molecule has 1 aromatic rings. The molecule has 0 spiro atoms. The number of nitrogens with zero attached hydrogens (tertiary/aromatic N) is 1. The molecule has 1 unspecified atom stereocenters. The van der Waals surface area contributed by atoms with Crippen LogP contribution >= 0.6 is 0 Å². The van der Waals surface area contributed by atoms with Crippen molar-refractivity contribution in [3.05, 3.63) is 35.4 Å². The third-order valence-electron chi connectivity index (χ3n) is 3.89. The zero-order chi connectivity index (χ0) is 15.9. The van der Waals surface area contributed by atoms with Crippen molar-refractivity contribution in [3.63, 3.8) is 0 Å². The zero-order valence-corrected chi connectivity index (χ0v) is 13.3. The van der Waals surface area contributed by atoms with Crippen molar-refractivity contribution in [1.82, 2.24) is 10.2 Å². The molecule has 1 heterocycles. The second-order valence-electron chi connectivity index (χ2n) is 5.68. The van der Waals surface area contributed by atoms with E-state index in [-0.39, 0.29) is 17.9 Å². The van der Waals surface area contributed by atoms with Gasteiger partial charge in [-0.3, -0.25) is 4.79 Å². The molecular formula is C17H24N2O3. The molecule has 2 rings (SSSR count). The maximum Gasteiger partial charge on any atom is 0.317 e. The number of hydrogen-bond donors (Lipinski definition) is 1. The van der Waals surface area contributed by atoms with Crippen LogP contribution in [0.5, 0.6) is 0 Å². The Morgan fingerprint density at radius 1 is 1.32 bits per heavy atom. The van der Waals surface area contributed by atoms with Gasteiger partial charge in [-0.1, -0.05) is 29.8 Å². The van der Waals surface area contributed by atoms with Crippen molar-refractivity contribution < 1.29 is 14.3 Å². The monoisotopic (exact) mass is 304 g/mol. The van der Waals surface area contributed by atoms with Gasteiger partial charge in [-0.15, -0.1) is 0 Å². The molecular weight excluding hydrogens is 280 g/mol. The number of carbonyl (C=O) groups is 2. The Morgan fingerprint density at radius 3 is 2.73 bits per heavy atom. The maximum atomic E-state index is 12.2.